The maximum Gasteiger partial charge on any atom is 0.143 e. The maximum absolute atomic E-state index is 5.00. The van der Waals surface area contributed by atoms with E-state index >= 15 is 0 Å². The Morgan fingerprint density at radius 2 is 1.80 bits per heavy atom. The molecule has 5 aromatic rings. The second kappa shape index (κ2) is 7.91. The van der Waals surface area contributed by atoms with Crippen molar-refractivity contribution in [3.8, 4) is 11.3 Å². The van der Waals surface area contributed by atoms with Crippen LogP contribution in [0.25, 0.3) is 16.9 Å². The summed E-state index contributed by atoms with van der Waals surface area (Å²) in [6.45, 7) is 2.18. The summed E-state index contributed by atoms with van der Waals surface area (Å²) in [5.74, 6) is 0. The molecule has 0 saturated heterocycles. The maximum atomic E-state index is 5.00. The van der Waals surface area contributed by atoms with Crippen molar-refractivity contribution in [1.29, 1.82) is 0 Å². The Hall–Kier alpha value is -3.80. The van der Waals surface area contributed by atoms with E-state index in [2.05, 4.69) is 33.6 Å². The van der Waals surface area contributed by atoms with Gasteiger partial charge < -0.3 is 4.57 Å². The van der Waals surface area contributed by atoms with Gasteiger partial charge in [-0.3, -0.25) is 9.38 Å². The minimum atomic E-state index is -0.155. The third-order valence-corrected chi connectivity index (χ3v) is 5.25. The summed E-state index contributed by atoms with van der Waals surface area (Å²) in [4.78, 5) is 18.8. The van der Waals surface area contributed by atoms with Crippen LogP contribution in [0.4, 0.5) is 0 Å². The minimum Gasteiger partial charge on any atom is -0.323 e. The van der Waals surface area contributed by atoms with Gasteiger partial charge in [0.25, 0.3) is 0 Å². The second-order valence-electron chi connectivity index (χ2n) is 7.25. The number of aryl methyl sites for hydroxylation is 1. The van der Waals surface area contributed by atoms with Crippen LogP contribution in [0.5, 0.6) is 0 Å². The molecule has 4 aromatic heterocycles. The topological polar surface area (TPSA) is 60.9 Å². The highest BCUT2D eigenvalue weighted by molar-refractivity contribution is 5.65. The molecule has 6 heteroatoms. The first kappa shape index (κ1) is 18.2. The zero-order valence-corrected chi connectivity index (χ0v) is 16.8. The molecule has 0 bridgehead atoms. The van der Waals surface area contributed by atoms with Crippen molar-refractivity contribution >= 4 is 5.65 Å². The van der Waals surface area contributed by atoms with E-state index in [1.165, 1.54) is 0 Å². The highest BCUT2D eigenvalue weighted by atomic mass is 15.1. The van der Waals surface area contributed by atoms with Gasteiger partial charge in [0, 0.05) is 35.9 Å². The Morgan fingerprint density at radius 3 is 2.53 bits per heavy atom. The lowest BCUT2D eigenvalue weighted by Crippen LogP contribution is -2.17. The number of rotatable bonds is 6. The van der Waals surface area contributed by atoms with Crippen molar-refractivity contribution in [3.05, 3.63) is 103 Å². The Labute approximate surface area is 174 Å². The van der Waals surface area contributed by atoms with E-state index < -0.39 is 0 Å². The van der Waals surface area contributed by atoms with Crippen LogP contribution < -0.4 is 0 Å². The first-order valence-electron chi connectivity index (χ1n) is 10.2. The number of aromatic nitrogens is 6. The Bertz CT molecular complexity index is 1240. The Kier molecular flexibility index (Phi) is 4.81. The van der Waals surface area contributed by atoms with Gasteiger partial charge in [-0.2, -0.15) is 0 Å². The zero-order chi connectivity index (χ0) is 20.3. The first-order valence-corrected chi connectivity index (χ1v) is 10.2. The summed E-state index contributed by atoms with van der Waals surface area (Å²) >= 11 is 0. The summed E-state index contributed by atoms with van der Waals surface area (Å²) in [6.07, 6.45) is 13.2. The predicted octanol–water partition coefficient (Wildman–Crippen LogP) is 4.58. The lowest BCUT2D eigenvalue weighted by molar-refractivity contribution is 0.626. The summed E-state index contributed by atoms with van der Waals surface area (Å²) in [7, 11) is 0. The summed E-state index contributed by atoms with van der Waals surface area (Å²) in [5.41, 5.74) is 6.03. The Balaban J connectivity index is 1.72. The number of fused-ring (bicyclic) bond motifs is 1. The van der Waals surface area contributed by atoms with Crippen molar-refractivity contribution in [2.75, 3.05) is 0 Å². The van der Waals surface area contributed by atoms with Crippen molar-refractivity contribution < 1.29 is 0 Å². The smallest absolute Gasteiger partial charge is 0.143 e. The molecule has 0 aliphatic heterocycles. The molecule has 6 nitrogen and oxygen atoms in total. The quantitative estimate of drug-likeness (QED) is 0.423. The molecule has 0 radical (unpaired) electrons. The average Bonchev–Trinajstić information content (AvgIpc) is 3.47. The van der Waals surface area contributed by atoms with Crippen LogP contribution >= 0.6 is 0 Å². The molecular formula is C24H22N6. The van der Waals surface area contributed by atoms with E-state index in [1.807, 2.05) is 72.0 Å². The molecule has 1 aromatic carbocycles. The van der Waals surface area contributed by atoms with Crippen molar-refractivity contribution in [1.82, 2.24) is 28.9 Å². The fourth-order valence-electron chi connectivity index (χ4n) is 3.89. The van der Waals surface area contributed by atoms with Crippen LogP contribution in [0.2, 0.25) is 0 Å². The molecule has 0 N–H and O–H groups in total. The van der Waals surface area contributed by atoms with E-state index in [4.69, 9.17) is 9.97 Å². The van der Waals surface area contributed by atoms with Gasteiger partial charge in [0.05, 0.1) is 23.4 Å². The van der Waals surface area contributed by atoms with Gasteiger partial charge >= 0.3 is 0 Å². The normalized spacial score (nSPS) is 12.3. The van der Waals surface area contributed by atoms with Crippen LogP contribution in [0, 0.1) is 0 Å². The molecule has 0 fully saturated rings. The predicted molar refractivity (Wildman–Crippen MR) is 116 cm³/mol. The third-order valence-electron chi connectivity index (χ3n) is 5.25. The first-order chi connectivity index (χ1) is 14.8. The molecule has 0 aliphatic carbocycles. The largest absolute Gasteiger partial charge is 0.323 e. The van der Waals surface area contributed by atoms with Gasteiger partial charge in [-0.15, -0.1) is 0 Å². The highest BCUT2D eigenvalue weighted by Gasteiger charge is 2.24. The highest BCUT2D eigenvalue weighted by Crippen LogP contribution is 2.30. The van der Waals surface area contributed by atoms with Gasteiger partial charge in [0.1, 0.15) is 18.0 Å². The van der Waals surface area contributed by atoms with Crippen molar-refractivity contribution in [3.63, 3.8) is 0 Å². The van der Waals surface area contributed by atoms with Gasteiger partial charge in [-0.1, -0.05) is 49.7 Å². The molecule has 4 heterocycles. The van der Waals surface area contributed by atoms with E-state index in [9.17, 15) is 0 Å². The molecule has 0 saturated carbocycles. The lowest BCUT2D eigenvalue weighted by atomic mass is 10.0. The third kappa shape index (κ3) is 3.26. The summed E-state index contributed by atoms with van der Waals surface area (Å²) < 4.78 is 4.08. The Morgan fingerprint density at radius 1 is 0.933 bits per heavy atom. The van der Waals surface area contributed by atoms with E-state index in [-0.39, 0.29) is 6.04 Å². The van der Waals surface area contributed by atoms with Crippen molar-refractivity contribution in [2.24, 2.45) is 0 Å². The van der Waals surface area contributed by atoms with E-state index in [0.717, 1.165) is 46.7 Å². The number of hydrogen-bond donors (Lipinski definition) is 0. The molecule has 0 aliphatic rings. The lowest BCUT2D eigenvalue weighted by Gasteiger charge is -2.20. The van der Waals surface area contributed by atoms with Crippen LogP contribution in [0.1, 0.15) is 36.3 Å². The molecule has 148 valence electrons. The number of pyridine rings is 1. The van der Waals surface area contributed by atoms with E-state index in [1.54, 1.807) is 6.20 Å². The van der Waals surface area contributed by atoms with Gasteiger partial charge in [0.2, 0.25) is 0 Å². The number of hydrogen-bond acceptors (Lipinski definition) is 4. The monoisotopic (exact) mass is 394 g/mol. The van der Waals surface area contributed by atoms with Crippen LogP contribution in [0.3, 0.4) is 0 Å². The second-order valence-corrected chi connectivity index (χ2v) is 7.25. The van der Waals surface area contributed by atoms with Gasteiger partial charge in [-0.25, -0.2) is 15.0 Å². The van der Waals surface area contributed by atoms with Crippen LogP contribution in [-0.4, -0.2) is 28.9 Å². The fourth-order valence-corrected chi connectivity index (χ4v) is 3.89. The summed E-state index contributed by atoms with van der Waals surface area (Å²) in [5, 5.41) is 0. The van der Waals surface area contributed by atoms with Crippen molar-refractivity contribution in [2.45, 2.75) is 25.8 Å². The van der Waals surface area contributed by atoms with Crippen LogP contribution in [0.15, 0.2) is 86.0 Å². The fraction of sp³-hybridized carbons (Fsp3) is 0.167. The number of benzene rings is 1. The molecule has 1 atom stereocenters. The average molecular weight is 394 g/mol. The molecule has 0 amide bonds. The standard InChI is InChI=1S/C24H22N6/c1-2-8-19-22(23(29-14-13-25-16-29)20-11-6-7-12-26-20)27-17-30-15-21(28-24(19)30)18-9-4-3-5-10-18/h3-7,9-17,23H,2,8H2,1H3. The summed E-state index contributed by atoms with van der Waals surface area (Å²) in [6, 6.07) is 16.1. The zero-order valence-electron chi connectivity index (χ0n) is 16.8. The molecule has 1 unspecified atom stereocenters. The van der Waals surface area contributed by atoms with Gasteiger partial charge in [-0.05, 0) is 18.6 Å². The van der Waals surface area contributed by atoms with Crippen LogP contribution in [-0.2, 0) is 6.42 Å². The minimum absolute atomic E-state index is 0.155. The number of nitrogens with zero attached hydrogens (tertiary/aromatic N) is 6. The SMILES string of the molecule is CCCc1c(C(c2ccccn2)n2ccnc2)ncn2cc(-c3ccccc3)nc12. The molecular weight excluding hydrogens is 372 g/mol. The molecule has 30 heavy (non-hydrogen) atoms. The molecule has 5 rings (SSSR count). The molecule has 0 spiro atoms. The van der Waals surface area contributed by atoms with Gasteiger partial charge in [0.15, 0.2) is 0 Å². The number of imidazole rings is 2. The van der Waals surface area contributed by atoms with E-state index in [0.29, 0.717) is 0 Å².